The average Bonchev–Trinajstić information content (AvgIpc) is 3.05. The minimum Gasteiger partial charge on any atom is -0.308 e. The van der Waals surface area contributed by atoms with Crippen LogP contribution in [0.1, 0.15) is 24.8 Å². The lowest BCUT2D eigenvalue weighted by atomic mass is 10.1. The van der Waals surface area contributed by atoms with Gasteiger partial charge in [-0.1, -0.05) is 48.5 Å². The number of anilines is 1. The van der Waals surface area contributed by atoms with Gasteiger partial charge >= 0.3 is 0 Å². The van der Waals surface area contributed by atoms with Gasteiger partial charge in [-0.25, -0.2) is 0 Å². The smallest absolute Gasteiger partial charge is 0.228 e. The number of carbonyl (C=O) groups is 1. The normalized spacial score (nSPS) is 22.1. The van der Waals surface area contributed by atoms with E-state index in [0.29, 0.717) is 12.3 Å². The first-order valence-electron chi connectivity index (χ1n) is 9.41. The fourth-order valence-electron chi connectivity index (χ4n) is 3.98. The summed E-state index contributed by atoms with van der Waals surface area (Å²) in [5.74, 6) is 0.383. The molecule has 0 radical (unpaired) electrons. The van der Waals surface area contributed by atoms with Crippen LogP contribution in [-0.4, -0.2) is 41.2 Å². The Balaban J connectivity index is 1.86. The third kappa shape index (κ3) is 5.04. The van der Waals surface area contributed by atoms with Crippen LogP contribution in [0.3, 0.4) is 0 Å². The third-order valence-corrected chi connectivity index (χ3v) is 5.77. The number of alkyl halides is 2. The monoisotopic (exact) mass is 404 g/mol. The molecule has 3 nitrogen and oxygen atoms in total. The Kier molecular flexibility index (Phi) is 7.17. The molecule has 0 heterocycles. The quantitative estimate of drug-likeness (QED) is 0.611. The number of para-hydroxylation sites is 1. The molecule has 1 fully saturated rings. The van der Waals surface area contributed by atoms with E-state index >= 15 is 0 Å². The molecule has 0 saturated heterocycles. The van der Waals surface area contributed by atoms with Crippen LogP contribution in [-0.2, 0) is 11.3 Å². The van der Waals surface area contributed by atoms with Crippen LogP contribution in [0.2, 0.25) is 0 Å². The van der Waals surface area contributed by atoms with Crippen LogP contribution < -0.4 is 4.90 Å². The SMILES string of the molecule is CN(Cc1ccccc1)C1CC(Cl)CC1N(C(=O)CCCl)c1ccccc1. The molecule has 3 atom stereocenters. The Morgan fingerprint density at radius 3 is 2.22 bits per heavy atom. The van der Waals surface area contributed by atoms with Crippen molar-refractivity contribution in [2.75, 3.05) is 17.8 Å². The van der Waals surface area contributed by atoms with Gasteiger partial charge in [-0.3, -0.25) is 9.69 Å². The van der Waals surface area contributed by atoms with Gasteiger partial charge in [-0.05, 0) is 37.6 Å². The van der Waals surface area contributed by atoms with E-state index in [2.05, 4.69) is 36.2 Å². The summed E-state index contributed by atoms with van der Waals surface area (Å²) in [6.07, 6.45) is 1.98. The second-order valence-electron chi connectivity index (χ2n) is 7.14. The van der Waals surface area contributed by atoms with E-state index in [1.165, 1.54) is 5.56 Å². The number of hydrogen-bond donors (Lipinski definition) is 0. The zero-order valence-corrected chi connectivity index (χ0v) is 17.1. The first-order chi connectivity index (χ1) is 13.1. The highest BCUT2D eigenvalue weighted by molar-refractivity contribution is 6.21. The summed E-state index contributed by atoms with van der Waals surface area (Å²) in [5, 5.41) is 0.0632. The largest absolute Gasteiger partial charge is 0.308 e. The molecule has 1 amide bonds. The molecule has 2 aromatic carbocycles. The molecule has 1 saturated carbocycles. The van der Waals surface area contributed by atoms with Crippen molar-refractivity contribution in [1.29, 1.82) is 0 Å². The van der Waals surface area contributed by atoms with Crippen molar-refractivity contribution in [2.24, 2.45) is 0 Å². The van der Waals surface area contributed by atoms with Gasteiger partial charge in [0.05, 0.1) is 6.04 Å². The van der Waals surface area contributed by atoms with E-state index in [-0.39, 0.29) is 23.4 Å². The second kappa shape index (κ2) is 9.59. The number of carbonyl (C=O) groups excluding carboxylic acids is 1. The zero-order valence-electron chi connectivity index (χ0n) is 15.6. The topological polar surface area (TPSA) is 23.6 Å². The first-order valence-corrected chi connectivity index (χ1v) is 10.4. The van der Waals surface area contributed by atoms with Crippen LogP contribution in [0.5, 0.6) is 0 Å². The van der Waals surface area contributed by atoms with Crippen molar-refractivity contribution in [3.05, 3.63) is 66.2 Å². The van der Waals surface area contributed by atoms with Gasteiger partial charge in [0.1, 0.15) is 0 Å². The summed E-state index contributed by atoms with van der Waals surface area (Å²) >= 11 is 12.5. The number of benzene rings is 2. The van der Waals surface area contributed by atoms with E-state index in [4.69, 9.17) is 23.2 Å². The van der Waals surface area contributed by atoms with Crippen molar-refractivity contribution >= 4 is 34.8 Å². The molecule has 3 unspecified atom stereocenters. The summed E-state index contributed by atoms with van der Waals surface area (Å²) in [5.41, 5.74) is 2.18. The molecule has 1 aliphatic rings. The van der Waals surface area contributed by atoms with E-state index < -0.39 is 0 Å². The maximum absolute atomic E-state index is 12.9. The van der Waals surface area contributed by atoms with Gasteiger partial charge in [0.15, 0.2) is 0 Å². The van der Waals surface area contributed by atoms with E-state index in [1.54, 1.807) is 0 Å². The fraction of sp³-hybridized carbons (Fsp3) is 0.409. The van der Waals surface area contributed by atoms with Gasteiger partial charge in [-0.15, -0.1) is 23.2 Å². The molecule has 2 aromatic rings. The number of likely N-dealkylation sites (N-methyl/N-ethyl adjacent to an activating group) is 1. The highest BCUT2D eigenvalue weighted by atomic mass is 35.5. The lowest BCUT2D eigenvalue weighted by Gasteiger charge is -2.37. The summed E-state index contributed by atoms with van der Waals surface area (Å²) in [6, 6.07) is 20.5. The number of halogens is 2. The third-order valence-electron chi connectivity index (χ3n) is 5.22. The molecule has 0 bridgehead atoms. The van der Waals surface area contributed by atoms with Crippen LogP contribution in [0.15, 0.2) is 60.7 Å². The summed E-state index contributed by atoms with van der Waals surface area (Å²) in [6.45, 7) is 0.831. The molecular weight excluding hydrogens is 379 g/mol. The first kappa shape index (κ1) is 20.2. The summed E-state index contributed by atoms with van der Waals surface area (Å²) in [4.78, 5) is 17.2. The van der Waals surface area contributed by atoms with Gasteiger partial charge < -0.3 is 4.90 Å². The van der Waals surface area contributed by atoms with E-state index in [9.17, 15) is 4.79 Å². The van der Waals surface area contributed by atoms with Crippen molar-refractivity contribution in [2.45, 2.75) is 43.3 Å². The summed E-state index contributed by atoms with van der Waals surface area (Å²) in [7, 11) is 2.12. The highest BCUT2D eigenvalue weighted by Crippen LogP contribution is 2.35. The molecule has 0 aromatic heterocycles. The standard InChI is InChI=1S/C22H26Cl2N2O/c1-25(16-17-8-4-2-5-9-17)20-14-18(24)15-21(20)26(22(27)12-13-23)19-10-6-3-7-11-19/h2-11,18,20-21H,12-16H2,1H3. The molecule has 27 heavy (non-hydrogen) atoms. The lowest BCUT2D eigenvalue weighted by molar-refractivity contribution is -0.118. The van der Waals surface area contributed by atoms with Gasteiger partial charge in [-0.2, -0.15) is 0 Å². The Morgan fingerprint density at radius 1 is 1.00 bits per heavy atom. The van der Waals surface area contributed by atoms with Gasteiger partial charge in [0.25, 0.3) is 0 Å². The van der Waals surface area contributed by atoms with Crippen LogP contribution in [0.25, 0.3) is 0 Å². The summed E-state index contributed by atoms with van der Waals surface area (Å²) < 4.78 is 0. The van der Waals surface area contributed by atoms with E-state index in [0.717, 1.165) is 25.1 Å². The molecular formula is C22H26Cl2N2O. The van der Waals surface area contributed by atoms with Crippen molar-refractivity contribution in [3.63, 3.8) is 0 Å². The van der Waals surface area contributed by atoms with Crippen LogP contribution >= 0.6 is 23.2 Å². The van der Waals surface area contributed by atoms with Crippen LogP contribution in [0.4, 0.5) is 5.69 Å². The fourth-order valence-corrected chi connectivity index (χ4v) is 4.51. The second-order valence-corrected chi connectivity index (χ2v) is 8.14. The van der Waals surface area contributed by atoms with Crippen molar-refractivity contribution in [1.82, 2.24) is 4.90 Å². The van der Waals surface area contributed by atoms with Gasteiger partial charge in [0.2, 0.25) is 5.91 Å². The minimum atomic E-state index is 0.0410. The lowest BCUT2D eigenvalue weighted by Crippen LogP contribution is -2.50. The number of hydrogen-bond acceptors (Lipinski definition) is 2. The predicted octanol–water partition coefficient (Wildman–Crippen LogP) is 4.92. The number of amides is 1. The molecule has 0 aliphatic heterocycles. The molecule has 1 aliphatic carbocycles. The highest BCUT2D eigenvalue weighted by Gasteiger charge is 2.41. The molecule has 3 rings (SSSR count). The molecule has 144 valence electrons. The number of rotatable bonds is 7. The Morgan fingerprint density at radius 2 is 1.59 bits per heavy atom. The zero-order chi connectivity index (χ0) is 19.2. The van der Waals surface area contributed by atoms with Crippen LogP contribution in [0, 0.1) is 0 Å². The van der Waals surface area contributed by atoms with E-state index in [1.807, 2.05) is 41.3 Å². The Bertz CT molecular complexity index is 726. The minimum absolute atomic E-state index is 0.0410. The molecule has 0 spiro atoms. The maximum Gasteiger partial charge on any atom is 0.228 e. The van der Waals surface area contributed by atoms with Crippen molar-refractivity contribution < 1.29 is 4.79 Å². The Hall–Kier alpha value is -1.55. The molecule has 5 heteroatoms. The predicted molar refractivity (Wildman–Crippen MR) is 114 cm³/mol. The number of nitrogens with zero attached hydrogens (tertiary/aromatic N) is 2. The van der Waals surface area contributed by atoms with Gasteiger partial charge in [0, 0.05) is 36.0 Å². The Labute approximate surface area is 171 Å². The molecule has 0 N–H and O–H groups in total. The van der Waals surface area contributed by atoms with Crippen molar-refractivity contribution in [3.8, 4) is 0 Å². The average molecular weight is 405 g/mol. The maximum atomic E-state index is 12.9.